The molecule has 282 valence electrons. The van der Waals surface area contributed by atoms with E-state index in [0.717, 1.165) is 75.7 Å². The van der Waals surface area contributed by atoms with Crippen LogP contribution in [-0.2, 0) is 37.0 Å². The summed E-state index contributed by atoms with van der Waals surface area (Å²) in [5.41, 5.74) is 1.96. The first-order valence-electron chi connectivity index (χ1n) is 18.5. The molecular weight excluding hydrogens is 652 g/mol. The summed E-state index contributed by atoms with van der Waals surface area (Å²) in [7, 11) is 0. The van der Waals surface area contributed by atoms with Gasteiger partial charge in [-0.2, -0.15) is 0 Å². The first-order valence-corrected chi connectivity index (χ1v) is 18.5. The molecule has 2 aromatic heterocycles. The molecule has 51 heavy (non-hydrogen) atoms. The average Bonchev–Trinajstić information content (AvgIpc) is 3.11. The Morgan fingerprint density at radius 2 is 1.39 bits per heavy atom. The number of urea groups is 1. The Balaban J connectivity index is 1.52. The van der Waals surface area contributed by atoms with Gasteiger partial charge in [-0.15, -0.1) is 0 Å². The number of Topliss-reactive ketones (excluding diaryl/α,β-unsaturated/α-hetero) is 1. The van der Waals surface area contributed by atoms with Gasteiger partial charge in [0.1, 0.15) is 11.8 Å². The predicted octanol–water partition coefficient (Wildman–Crippen LogP) is 5.68. The van der Waals surface area contributed by atoms with Crippen molar-refractivity contribution in [2.24, 2.45) is 0 Å². The van der Waals surface area contributed by atoms with E-state index in [4.69, 9.17) is 9.84 Å². The fourth-order valence-corrected chi connectivity index (χ4v) is 5.66. The normalized spacial score (nSPS) is 12.1. The van der Waals surface area contributed by atoms with Crippen molar-refractivity contribution in [3.8, 4) is 0 Å². The van der Waals surface area contributed by atoms with Crippen LogP contribution in [0, 0.1) is 0 Å². The SMILES string of the molecule is CCCC(NC(=O)NCCCCCCC(=O)CCCCCCC(=O)NC(CCCCN(Cc1ccccn1)Cc1ccccn1)OC=O)C(=O)O. The first kappa shape index (κ1) is 42.8. The molecule has 0 radical (unpaired) electrons. The minimum absolute atomic E-state index is 0.151. The summed E-state index contributed by atoms with van der Waals surface area (Å²) in [6, 6.07) is 10.4. The minimum atomic E-state index is -1.04. The first-order chi connectivity index (χ1) is 24.8. The Morgan fingerprint density at radius 1 is 0.784 bits per heavy atom. The number of carbonyl (C=O) groups is 5. The number of carboxylic acid groups (broad SMARTS) is 1. The Labute approximate surface area is 302 Å². The van der Waals surface area contributed by atoms with Crippen molar-refractivity contribution in [1.82, 2.24) is 30.8 Å². The van der Waals surface area contributed by atoms with E-state index in [1.165, 1.54) is 0 Å². The summed E-state index contributed by atoms with van der Waals surface area (Å²) in [5, 5.41) is 17.1. The molecular formula is C38H58N6O7. The van der Waals surface area contributed by atoms with Crippen molar-refractivity contribution >= 4 is 30.2 Å². The molecule has 2 atom stereocenters. The third kappa shape index (κ3) is 21.4. The lowest BCUT2D eigenvalue weighted by molar-refractivity contribution is -0.140. The molecule has 0 aliphatic carbocycles. The zero-order valence-corrected chi connectivity index (χ0v) is 30.2. The Morgan fingerprint density at radius 3 is 1.94 bits per heavy atom. The summed E-state index contributed by atoms with van der Waals surface area (Å²) in [4.78, 5) is 70.0. The van der Waals surface area contributed by atoms with E-state index in [1.54, 1.807) is 12.4 Å². The Bertz CT molecular complexity index is 1230. The Kier molecular flexibility index (Phi) is 22.9. The molecule has 13 heteroatoms. The molecule has 2 aromatic rings. The van der Waals surface area contributed by atoms with Crippen LogP contribution >= 0.6 is 0 Å². The maximum absolute atomic E-state index is 12.5. The smallest absolute Gasteiger partial charge is 0.326 e. The van der Waals surface area contributed by atoms with Crippen molar-refractivity contribution in [2.45, 2.75) is 135 Å². The second kappa shape index (κ2) is 27.3. The zero-order chi connectivity index (χ0) is 36.9. The summed E-state index contributed by atoms with van der Waals surface area (Å²) in [6.45, 7) is 4.89. The summed E-state index contributed by atoms with van der Waals surface area (Å²) < 4.78 is 5.16. The van der Waals surface area contributed by atoms with Crippen LogP contribution in [0.3, 0.4) is 0 Å². The molecule has 0 spiro atoms. The predicted molar refractivity (Wildman–Crippen MR) is 194 cm³/mol. The molecule has 0 saturated heterocycles. The van der Waals surface area contributed by atoms with Gasteiger partial charge in [0.05, 0.1) is 11.4 Å². The van der Waals surface area contributed by atoms with Crippen LogP contribution in [0.2, 0.25) is 0 Å². The maximum Gasteiger partial charge on any atom is 0.326 e. The quantitative estimate of drug-likeness (QED) is 0.0448. The fourth-order valence-electron chi connectivity index (χ4n) is 5.66. The van der Waals surface area contributed by atoms with E-state index in [0.29, 0.717) is 71.1 Å². The number of pyridine rings is 2. The van der Waals surface area contributed by atoms with Crippen LogP contribution in [0.15, 0.2) is 48.8 Å². The number of aliphatic carboxylic acids is 1. The lowest BCUT2D eigenvalue weighted by Gasteiger charge is -2.22. The van der Waals surface area contributed by atoms with E-state index in [9.17, 15) is 24.0 Å². The number of hydrogen-bond donors (Lipinski definition) is 4. The number of carboxylic acids is 1. The number of rotatable bonds is 30. The number of nitrogens with zero attached hydrogens (tertiary/aromatic N) is 3. The van der Waals surface area contributed by atoms with Gasteiger partial charge in [-0.05, 0) is 75.8 Å². The van der Waals surface area contributed by atoms with Crippen LogP contribution in [0.1, 0.15) is 121 Å². The second-order valence-electron chi connectivity index (χ2n) is 12.8. The molecule has 0 aliphatic rings. The number of unbranched alkanes of at least 4 members (excludes halogenated alkanes) is 7. The van der Waals surface area contributed by atoms with Crippen LogP contribution in [0.5, 0.6) is 0 Å². The van der Waals surface area contributed by atoms with Crippen LogP contribution in [0.4, 0.5) is 4.79 Å². The van der Waals surface area contributed by atoms with Gasteiger partial charge in [-0.3, -0.25) is 29.3 Å². The third-order valence-corrected chi connectivity index (χ3v) is 8.41. The molecule has 0 aliphatic heterocycles. The minimum Gasteiger partial charge on any atom is -0.480 e. The van der Waals surface area contributed by atoms with Gasteiger partial charge in [0.2, 0.25) is 5.91 Å². The summed E-state index contributed by atoms with van der Waals surface area (Å²) in [6.07, 6.45) is 14.1. The molecule has 3 amide bonds. The second-order valence-corrected chi connectivity index (χ2v) is 12.8. The van der Waals surface area contributed by atoms with E-state index in [-0.39, 0.29) is 11.7 Å². The zero-order valence-electron chi connectivity index (χ0n) is 30.2. The van der Waals surface area contributed by atoms with Gasteiger partial charge >= 0.3 is 12.0 Å². The number of ketones is 1. The highest BCUT2D eigenvalue weighted by molar-refractivity contribution is 5.82. The lowest BCUT2D eigenvalue weighted by atomic mass is 10.0. The van der Waals surface area contributed by atoms with Crippen LogP contribution in [-0.4, -0.2) is 75.5 Å². The maximum atomic E-state index is 12.5. The standard InChI is InChI=1S/C38H58N6O7/c1-2-17-34(37(48)49)42-38(50)41-26-13-6-5-8-21-33(46)20-7-3-4-9-22-35(47)43-36(51-30-45)23-12-16-27-44(28-31-18-10-14-24-39-31)29-32-19-11-15-25-40-32/h10-11,14-15,18-19,24-25,30,34,36H,2-9,12-13,16-17,20-23,26-29H2,1H3,(H,43,47)(H,48,49)(H2,41,42,50). The van der Waals surface area contributed by atoms with Crippen molar-refractivity contribution < 1.29 is 33.8 Å². The van der Waals surface area contributed by atoms with E-state index in [1.807, 2.05) is 43.3 Å². The molecule has 4 N–H and O–H groups in total. The molecule has 0 saturated carbocycles. The van der Waals surface area contributed by atoms with Gasteiger partial charge in [-0.25, -0.2) is 9.59 Å². The molecule has 2 rings (SSSR count). The highest BCUT2D eigenvalue weighted by Gasteiger charge is 2.18. The Hall–Kier alpha value is -4.39. The summed E-state index contributed by atoms with van der Waals surface area (Å²) in [5.74, 6) is -0.944. The molecule has 2 heterocycles. The van der Waals surface area contributed by atoms with Crippen LogP contribution in [0.25, 0.3) is 0 Å². The number of hydrogen-bond acceptors (Lipinski definition) is 9. The number of aromatic nitrogens is 2. The number of carbonyl (C=O) groups excluding carboxylic acids is 4. The molecule has 0 bridgehead atoms. The van der Waals surface area contributed by atoms with Gasteiger partial charge in [-0.1, -0.05) is 51.2 Å². The highest BCUT2D eigenvalue weighted by atomic mass is 16.5. The largest absolute Gasteiger partial charge is 0.480 e. The van der Waals surface area contributed by atoms with E-state index < -0.39 is 24.3 Å². The number of nitrogens with one attached hydrogen (secondary N) is 3. The van der Waals surface area contributed by atoms with Gasteiger partial charge in [0.25, 0.3) is 6.47 Å². The molecule has 0 fully saturated rings. The van der Waals surface area contributed by atoms with Crippen molar-refractivity contribution in [3.05, 3.63) is 60.2 Å². The van der Waals surface area contributed by atoms with Gasteiger partial charge in [0.15, 0.2) is 6.23 Å². The van der Waals surface area contributed by atoms with Crippen molar-refractivity contribution in [3.63, 3.8) is 0 Å². The van der Waals surface area contributed by atoms with Gasteiger partial charge in [0, 0.05) is 57.7 Å². The summed E-state index contributed by atoms with van der Waals surface area (Å²) >= 11 is 0. The average molecular weight is 711 g/mol. The van der Waals surface area contributed by atoms with Gasteiger partial charge < -0.3 is 25.8 Å². The van der Waals surface area contributed by atoms with E-state index in [2.05, 4.69) is 30.8 Å². The number of ether oxygens (including phenoxy) is 1. The number of amides is 3. The van der Waals surface area contributed by atoms with Crippen molar-refractivity contribution in [1.29, 1.82) is 0 Å². The lowest BCUT2D eigenvalue weighted by Crippen LogP contribution is -2.46. The monoisotopic (exact) mass is 710 g/mol. The van der Waals surface area contributed by atoms with Crippen LogP contribution < -0.4 is 16.0 Å². The topological polar surface area (TPSA) is 180 Å². The van der Waals surface area contributed by atoms with E-state index >= 15 is 0 Å². The third-order valence-electron chi connectivity index (χ3n) is 8.41. The highest BCUT2D eigenvalue weighted by Crippen LogP contribution is 2.12. The fraction of sp³-hybridized carbons (Fsp3) is 0.605. The molecule has 13 nitrogen and oxygen atoms in total. The molecule has 2 unspecified atom stereocenters. The van der Waals surface area contributed by atoms with Crippen molar-refractivity contribution in [2.75, 3.05) is 13.1 Å². The molecule has 0 aromatic carbocycles.